The number of nitrogens with zero attached hydrogens (tertiary/aromatic N) is 2. The van der Waals surface area contributed by atoms with Crippen LogP contribution in [0.5, 0.6) is 0 Å². The number of fused-ring (bicyclic) bond motifs is 2. The van der Waals surface area contributed by atoms with E-state index in [4.69, 9.17) is 0 Å². The molecule has 1 aromatic rings. The number of amides is 1. The third kappa shape index (κ3) is 2.30. The maximum Gasteiger partial charge on any atom is 0.270 e. The van der Waals surface area contributed by atoms with Gasteiger partial charge < -0.3 is 5.32 Å². The van der Waals surface area contributed by atoms with Gasteiger partial charge in [-0.25, -0.2) is 0 Å². The van der Waals surface area contributed by atoms with Crippen molar-refractivity contribution in [1.29, 1.82) is 0 Å². The quantitative estimate of drug-likeness (QED) is 0.919. The third-order valence-electron chi connectivity index (χ3n) is 5.16. The molecule has 20 heavy (non-hydrogen) atoms. The van der Waals surface area contributed by atoms with Crippen LogP contribution in [0.3, 0.4) is 0 Å². The summed E-state index contributed by atoms with van der Waals surface area (Å²) in [6.45, 7) is 4.06. The Morgan fingerprint density at radius 2 is 2.20 bits per heavy atom. The molecule has 4 nitrogen and oxygen atoms in total. The van der Waals surface area contributed by atoms with Gasteiger partial charge in [-0.05, 0) is 66.8 Å². The van der Waals surface area contributed by atoms with E-state index in [0.717, 1.165) is 22.0 Å². The first-order valence-corrected chi connectivity index (χ1v) is 8.26. The Labute approximate surface area is 128 Å². The molecule has 2 aliphatic carbocycles. The summed E-state index contributed by atoms with van der Waals surface area (Å²) in [5, 5.41) is 7.47. The summed E-state index contributed by atoms with van der Waals surface area (Å²) in [5.41, 5.74) is 1.47. The lowest BCUT2D eigenvalue weighted by molar-refractivity contribution is 0.0905. The average Bonchev–Trinajstić information content (AvgIpc) is 3.05. The van der Waals surface area contributed by atoms with E-state index in [2.05, 4.69) is 33.3 Å². The number of aromatic nitrogens is 2. The van der Waals surface area contributed by atoms with Gasteiger partial charge in [0.15, 0.2) is 0 Å². The van der Waals surface area contributed by atoms with E-state index >= 15 is 0 Å². The van der Waals surface area contributed by atoms with Crippen LogP contribution in [-0.4, -0.2) is 21.7 Å². The van der Waals surface area contributed by atoms with Crippen LogP contribution in [-0.2, 0) is 7.05 Å². The summed E-state index contributed by atoms with van der Waals surface area (Å²) in [7, 11) is 1.81. The number of carbonyl (C=O) groups is 1. The zero-order chi connectivity index (χ0) is 14.4. The molecule has 0 spiro atoms. The topological polar surface area (TPSA) is 46.9 Å². The minimum absolute atomic E-state index is 0.0183. The first kappa shape index (κ1) is 14.1. The Morgan fingerprint density at radius 3 is 2.70 bits per heavy atom. The summed E-state index contributed by atoms with van der Waals surface area (Å²) in [6.07, 6.45) is 5.41. The molecule has 2 fully saturated rings. The smallest absolute Gasteiger partial charge is 0.270 e. The predicted molar refractivity (Wildman–Crippen MR) is 81.5 cm³/mol. The van der Waals surface area contributed by atoms with Gasteiger partial charge in [0.1, 0.15) is 5.69 Å². The number of rotatable bonds is 3. The Bertz CT molecular complexity index is 539. The molecule has 1 N–H and O–H groups in total. The summed E-state index contributed by atoms with van der Waals surface area (Å²) in [6, 6.07) is 0.250. The van der Waals surface area contributed by atoms with Crippen LogP contribution in [0, 0.1) is 24.7 Å². The van der Waals surface area contributed by atoms with Gasteiger partial charge >= 0.3 is 0 Å². The molecule has 0 aromatic carbocycles. The van der Waals surface area contributed by atoms with Gasteiger partial charge in [-0.2, -0.15) is 5.10 Å². The first-order valence-electron chi connectivity index (χ1n) is 7.47. The number of aryl methyl sites for hydroxylation is 2. The van der Waals surface area contributed by atoms with E-state index in [1.54, 1.807) is 4.68 Å². The largest absolute Gasteiger partial charge is 0.348 e. The zero-order valence-electron chi connectivity index (χ0n) is 12.3. The minimum Gasteiger partial charge on any atom is -0.348 e. The van der Waals surface area contributed by atoms with Crippen molar-refractivity contribution in [3.63, 3.8) is 0 Å². The van der Waals surface area contributed by atoms with Crippen molar-refractivity contribution in [1.82, 2.24) is 15.1 Å². The van der Waals surface area contributed by atoms with Crippen LogP contribution < -0.4 is 5.32 Å². The molecule has 4 atom stereocenters. The van der Waals surface area contributed by atoms with Crippen LogP contribution in [0.4, 0.5) is 0 Å². The van der Waals surface area contributed by atoms with Crippen molar-refractivity contribution in [2.45, 2.75) is 45.6 Å². The highest BCUT2D eigenvalue weighted by atomic mass is 79.9. The summed E-state index contributed by atoms with van der Waals surface area (Å²) < 4.78 is 2.46. The fourth-order valence-electron chi connectivity index (χ4n) is 4.17. The maximum atomic E-state index is 12.5. The molecule has 110 valence electrons. The first-order chi connectivity index (χ1) is 9.47. The highest BCUT2D eigenvalue weighted by Crippen LogP contribution is 2.49. The lowest BCUT2D eigenvalue weighted by Crippen LogP contribution is -2.40. The highest BCUT2D eigenvalue weighted by Gasteiger charge is 2.42. The van der Waals surface area contributed by atoms with E-state index in [1.807, 2.05) is 14.0 Å². The molecule has 0 saturated heterocycles. The molecule has 3 rings (SSSR count). The molecule has 0 radical (unpaired) electrons. The average molecular weight is 340 g/mol. The lowest BCUT2D eigenvalue weighted by Gasteiger charge is -2.28. The van der Waals surface area contributed by atoms with Crippen molar-refractivity contribution in [2.75, 3.05) is 0 Å². The van der Waals surface area contributed by atoms with Crippen molar-refractivity contribution in [2.24, 2.45) is 24.8 Å². The molecule has 2 bridgehead atoms. The standard InChI is InChI=1S/C15H22BrN3O/c1-8(12-7-10-4-5-11(12)6-10)17-15(20)14-13(16)9(2)18-19(14)3/h8,10-12H,4-7H2,1-3H3,(H,17,20)/t8-,10+,11+,12-/m0/s1. The Balaban J connectivity index is 1.69. The van der Waals surface area contributed by atoms with Crippen LogP contribution in [0.2, 0.25) is 0 Å². The summed E-state index contributed by atoms with van der Waals surface area (Å²) >= 11 is 3.46. The number of halogens is 1. The van der Waals surface area contributed by atoms with Crippen LogP contribution in [0.25, 0.3) is 0 Å². The minimum atomic E-state index is -0.0183. The molecular formula is C15H22BrN3O. The van der Waals surface area contributed by atoms with Crippen molar-refractivity contribution in [3.05, 3.63) is 15.9 Å². The number of hydrogen-bond donors (Lipinski definition) is 1. The lowest BCUT2D eigenvalue weighted by atomic mass is 9.84. The highest BCUT2D eigenvalue weighted by molar-refractivity contribution is 9.10. The van der Waals surface area contributed by atoms with Gasteiger partial charge in [-0.3, -0.25) is 9.48 Å². The number of hydrogen-bond acceptors (Lipinski definition) is 2. The summed E-state index contributed by atoms with van der Waals surface area (Å²) in [4.78, 5) is 12.5. The monoisotopic (exact) mass is 339 g/mol. The van der Waals surface area contributed by atoms with Crippen LogP contribution in [0.1, 0.15) is 48.8 Å². The van der Waals surface area contributed by atoms with Gasteiger partial charge in [-0.1, -0.05) is 6.42 Å². The van der Waals surface area contributed by atoms with E-state index in [-0.39, 0.29) is 11.9 Å². The molecule has 0 aliphatic heterocycles. The van der Waals surface area contributed by atoms with E-state index < -0.39 is 0 Å². The second kappa shape index (κ2) is 5.17. The maximum absolute atomic E-state index is 12.5. The number of carbonyl (C=O) groups excluding carboxylic acids is 1. The molecule has 1 aromatic heterocycles. The van der Waals surface area contributed by atoms with Crippen molar-refractivity contribution in [3.8, 4) is 0 Å². The molecule has 0 unspecified atom stereocenters. The van der Waals surface area contributed by atoms with Gasteiger partial charge in [-0.15, -0.1) is 0 Å². The zero-order valence-corrected chi connectivity index (χ0v) is 13.9. The molecule has 1 amide bonds. The summed E-state index contributed by atoms with van der Waals surface area (Å²) in [5.74, 6) is 2.38. The van der Waals surface area contributed by atoms with Gasteiger partial charge in [0.25, 0.3) is 5.91 Å². The van der Waals surface area contributed by atoms with Gasteiger partial charge in [0, 0.05) is 13.1 Å². The van der Waals surface area contributed by atoms with Gasteiger partial charge in [0.05, 0.1) is 10.2 Å². The second-order valence-corrected chi connectivity index (χ2v) is 7.27. The molecule has 2 saturated carbocycles. The Morgan fingerprint density at radius 1 is 1.45 bits per heavy atom. The van der Waals surface area contributed by atoms with E-state index in [0.29, 0.717) is 11.6 Å². The number of nitrogens with one attached hydrogen (secondary N) is 1. The Kier molecular flexibility index (Phi) is 3.65. The fraction of sp³-hybridized carbons (Fsp3) is 0.733. The molecule has 2 aliphatic rings. The van der Waals surface area contributed by atoms with E-state index in [9.17, 15) is 4.79 Å². The van der Waals surface area contributed by atoms with Crippen molar-refractivity contribution >= 4 is 21.8 Å². The van der Waals surface area contributed by atoms with Crippen molar-refractivity contribution < 1.29 is 4.79 Å². The fourth-order valence-corrected chi connectivity index (χ4v) is 4.68. The molecular weight excluding hydrogens is 318 g/mol. The molecule has 5 heteroatoms. The molecule has 1 heterocycles. The Hall–Kier alpha value is -0.840. The van der Waals surface area contributed by atoms with Crippen LogP contribution >= 0.6 is 15.9 Å². The normalized spacial score (nSPS) is 29.7. The van der Waals surface area contributed by atoms with Gasteiger partial charge in [0.2, 0.25) is 0 Å². The SMILES string of the molecule is Cc1nn(C)c(C(=O)N[C@@H](C)[C@@H]2C[C@@H]3CC[C@@H]2C3)c1Br. The third-order valence-corrected chi connectivity index (χ3v) is 6.11. The second-order valence-electron chi connectivity index (χ2n) is 6.47. The van der Waals surface area contributed by atoms with E-state index in [1.165, 1.54) is 25.7 Å². The van der Waals surface area contributed by atoms with Crippen LogP contribution in [0.15, 0.2) is 4.47 Å². The predicted octanol–water partition coefficient (Wildman–Crippen LogP) is 3.05.